The van der Waals surface area contributed by atoms with Crippen LogP contribution >= 0.6 is 0 Å². The average molecular weight is 490 g/mol. The molecule has 3 aromatic rings. The molecule has 0 atom stereocenters. The van der Waals surface area contributed by atoms with E-state index in [1.165, 1.54) is 6.20 Å². The number of benzene rings is 1. The molecule has 3 aliphatic rings. The van der Waals surface area contributed by atoms with Gasteiger partial charge in [-0.1, -0.05) is 6.07 Å². The number of allylic oxidation sites excluding steroid dienone is 1. The van der Waals surface area contributed by atoms with E-state index in [2.05, 4.69) is 15.0 Å². The normalized spacial score (nSPS) is 21.7. The van der Waals surface area contributed by atoms with Crippen LogP contribution in [0.25, 0.3) is 11.1 Å². The molecule has 0 saturated carbocycles. The van der Waals surface area contributed by atoms with Crippen molar-refractivity contribution in [3.05, 3.63) is 59.3 Å². The zero-order chi connectivity index (χ0) is 30.0. The highest BCUT2D eigenvalue weighted by Gasteiger charge is 2.44. The molecule has 0 N–H and O–H groups in total. The summed E-state index contributed by atoms with van der Waals surface area (Å²) < 4.78 is 53.7. The standard InChI is InChI=1S/C28H29N5O3/c1-18-22(19-5-7-23-20(12-19)4-6-21(17-34)31(23)2)14-29-15-24(18)33-10-8-28(9-11-33)13-25(35)27-26(36-28)16-30-32(27)3/h5,7,12,14-16H,4,6,8-11,13H2,1-3H3/i2D3,3D3. The van der Waals surface area contributed by atoms with Crippen LogP contribution in [0.15, 0.2) is 42.5 Å². The topological polar surface area (TPSA) is 80.6 Å². The van der Waals surface area contributed by atoms with Crippen LogP contribution in [0.4, 0.5) is 11.4 Å². The maximum atomic E-state index is 13.0. The van der Waals surface area contributed by atoms with E-state index in [0.717, 1.165) is 37.5 Å². The molecule has 1 fully saturated rings. The highest BCUT2D eigenvalue weighted by Crippen LogP contribution is 2.41. The van der Waals surface area contributed by atoms with Crippen LogP contribution in [0.2, 0.25) is 0 Å². The van der Waals surface area contributed by atoms with Gasteiger partial charge in [0.25, 0.3) is 0 Å². The van der Waals surface area contributed by atoms with Crippen molar-refractivity contribution in [3.63, 3.8) is 0 Å². The van der Waals surface area contributed by atoms with Crippen molar-refractivity contribution in [1.82, 2.24) is 14.8 Å². The third-order valence-corrected chi connectivity index (χ3v) is 7.66. The summed E-state index contributed by atoms with van der Waals surface area (Å²) >= 11 is 0. The van der Waals surface area contributed by atoms with Crippen LogP contribution in [-0.4, -0.2) is 52.2 Å². The molecule has 184 valence electrons. The number of pyridine rings is 1. The molecule has 0 radical (unpaired) electrons. The van der Waals surface area contributed by atoms with E-state index in [9.17, 15) is 9.59 Å². The van der Waals surface area contributed by atoms with Gasteiger partial charge in [0.15, 0.2) is 11.5 Å². The second kappa shape index (κ2) is 8.35. The average Bonchev–Trinajstić information content (AvgIpc) is 3.37. The van der Waals surface area contributed by atoms with E-state index < -0.39 is 19.6 Å². The van der Waals surface area contributed by atoms with Crippen molar-refractivity contribution in [2.75, 3.05) is 29.9 Å². The fourth-order valence-corrected chi connectivity index (χ4v) is 5.65. The zero-order valence-corrected chi connectivity index (χ0v) is 19.9. The smallest absolute Gasteiger partial charge is 0.188 e. The summed E-state index contributed by atoms with van der Waals surface area (Å²) in [5, 5.41) is 3.90. The number of Topliss-reactive ketones (excluding diaryl/α,β-unsaturated/α-hetero) is 1. The molecule has 2 aromatic heterocycles. The summed E-state index contributed by atoms with van der Waals surface area (Å²) in [6, 6.07) is 5.56. The third-order valence-electron chi connectivity index (χ3n) is 7.66. The highest BCUT2D eigenvalue weighted by molar-refractivity contribution is 5.98. The Labute approximate surface area is 218 Å². The molecule has 0 aliphatic carbocycles. The number of nitrogens with zero attached hydrogens (tertiary/aromatic N) is 5. The number of ether oxygens (including phenoxy) is 1. The maximum Gasteiger partial charge on any atom is 0.188 e. The van der Waals surface area contributed by atoms with Crippen molar-refractivity contribution in [2.45, 2.75) is 44.6 Å². The largest absolute Gasteiger partial charge is 0.483 e. The van der Waals surface area contributed by atoms with Gasteiger partial charge >= 0.3 is 0 Å². The molecular weight excluding hydrogens is 454 g/mol. The molecule has 8 nitrogen and oxygen atoms in total. The number of carbonyl (C=O) groups is 1. The Morgan fingerprint density at radius 1 is 1.11 bits per heavy atom. The van der Waals surface area contributed by atoms with Crippen molar-refractivity contribution in [3.8, 4) is 16.9 Å². The predicted molar refractivity (Wildman–Crippen MR) is 137 cm³/mol. The first-order valence-electron chi connectivity index (χ1n) is 15.0. The Morgan fingerprint density at radius 3 is 2.75 bits per heavy atom. The Bertz CT molecular complexity index is 1630. The molecule has 1 aromatic carbocycles. The third kappa shape index (κ3) is 3.52. The summed E-state index contributed by atoms with van der Waals surface area (Å²) in [5.41, 5.74) is 4.52. The lowest BCUT2D eigenvalue weighted by atomic mass is 9.83. The minimum absolute atomic E-state index is 0.00115. The number of ketones is 1. The van der Waals surface area contributed by atoms with Crippen molar-refractivity contribution < 1.29 is 22.6 Å². The molecular formula is C28H29N5O3. The lowest BCUT2D eigenvalue weighted by molar-refractivity contribution is 0.0225. The molecule has 8 heteroatoms. The number of carbonyl (C=O) groups excluding carboxylic acids is 2. The summed E-state index contributed by atoms with van der Waals surface area (Å²) in [7, 11) is 0. The van der Waals surface area contributed by atoms with Gasteiger partial charge in [-0.3, -0.25) is 14.5 Å². The molecule has 0 bridgehead atoms. The number of fused-ring (bicyclic) bond motifs is 2. The van der Waals surface area contributed by atoms with Gasteiger partial charge in [-0.2, -0.15) is 5.10 Å². The van der Waals surface area contributed by atoms with Crippen molar-refractivity contribution >= 4 is 23.1 Å². The van der Waals surface area contributed by atoms with Crippen molar-refractivity contribution in [2.24, 2.45) is 6.98 Å². The van der Waals surface area contributed by atoms with Gasteiger partial charge < -0.3 is 14.5 Å². The molecule has 1 saturated heterocycles. The first-order chi connectivity index (χ1) is 19.8. The fourth-order valence-electron chi connectivity index (χ4n) is 5.65. The number of anilines is 2. The van der Waals surface area contributed by atoms with E-state index in [1.54, 1.807) is 18.2 Å². The lowest BCUT2D eigenvalue weighted by Crippen LogP contribution is -2.51. The monoisotopic (exact) mass is 489 g/mol. The summed E-state index contributed by atoms with van der Waals surface area (Å²) in [5.74, 6) is 1.74. The van der Waals surface area contributed by atoms with Crippen LogP contribution in [-0.2, 0) is 18.2 Å². The Morgan fingerprint density at radius 2 is 1.97 bits per heavy atom. The molecule has 0 amide bonds. The Balaban J connectivity index is 1.23. The number of hydrogen-bond acceptors (Lipinski definition) is 7. The van der Waals surface area contributed by atoms with Gasteiger partial charge in [0, 0.05) is 72.0 Å². The first kappa shape index (κ1) is 16.7. The summed E-state index contributed by atoms with van der Waals surface area (Å²) in [6.07, 6.45) is 6.99. The molecule has 6 rings (SSSR count). The second-order valence-corrected chi connectivity index (χ2v) is 9.70. The van der Waals surface area contributed by atoms with Gasteiger partial charge in [0.1, 0.15) is 22.9 Å². The number of hydrogen-bond donors (Lipinski definition) is 0. The molecule has 3 aliphatic heterocycles. The maximum absolute atomic E-state index is 13.0. The molecule has 1 spiro atoms. The van der Waals surface area contributed by atoms with Crippen LogP contribution in [0.1, 0.15) is 55.5 Å². The van der Waals surface area contributed by atoms with E-state index in [0.29, 0.717) is 44.5 Å². The summed E-state index contributed by atoms with van der Waals surface area (Å²) in [6.45, 7) is -1.80. The van der Waals surface area contributed by atoms with Gasteiger partial charge in [0.2, 0.25) is 0 Å². The second-order valence-electron chi connectivity index (χ2n) is 9.70. The van der Waals surface area contributed by atoms with Gasteiger partial charge in [-0.15, -0.1) is 0 Å². The summed E-state index contributed by atoms with van der Waals surface area (Å²) in [4.78, 5) is 32.3. The number of rotatable bonds is 2. The van der Waals surface area contributed by atoms with E-state index in [-0.39, 0.29) is 29.3 Å². The lowest BCUT2D eigenvalue weighted by Gasteiger charge is -2.44. The van der Waals surface area contributed by atoms with Crippen LogP contribution < -0.4 is 14.5 Å². The van der Waals surface area contributed by atoms with Crippen LogP contribution in [0.3, 0.4) is 0 Å². The molecule has 0 unspecified atom stereocenters. The number of aromatic nitrogens is 3. The number of aryl methyl sites for hydroxylation is 2. The number of piperidine rings is 1. The van der Waals surface area contributed by atoms with Gasteiger partial charge in [-0.25, -0.2) is 4.79 Å². The Hall–Kier alpha value is -3.90. The fraction of sp³-hybridized carbons (Fsp3) is 0.393. The molecule has 5 heterocycles. The zero-order valence-electron chi connectivity index (χ0n) is 25.9. The van der Waals surface area contributed by atoms with Crippen molar-refractivity contribution in [1.29, 1.82) is 0 Å². The quantitative estimate of drug-likeness (QED) is 0.505. The highest BCUT2D eigenvalue weighted by atomic mass is 16.5. The minimum atomic E-state index is -2.56. The Kier molecular flexibility index (Phi) is 3.88. The SMILES string of the molecule is [2H]C([2H])([2H])N1C(=C=O)CCc2cc(-c3cncc(N4CCC5(CC4)CC(=O)c4c(cnn4C([2H])([2H])[2H])O5)c3C)ccc21. The van der Waals surface area contributed by atoms with Crippen LogP contribution in [0.5, 0.6) is 5.75 Å². The van der Waals surface area contributed by atoms with E-state index in [1.807, 2.05) is 25.3 Å². The van der Waals surface area contributed by atoms with Crippen LogP contribution in [0, 0.1) is 6.92 Å². The van der Waals surface area contributed by atoms with E-state index >= 15 is 0 Å². The predicted octanol–water partition coefficient (Wildman–Crippen LogP) is 3.89. The first-order valence-corrected chi connectivity index (χ1v) is 12.0. The van der Waals surface area contributed by atoms with Gasteiger partial charge in [-0.05, 0) is 42.2 Å². The molecule has 36 heavy (non-hydrogen) atoms. The minimum Gasteiger partial charge on any atom is -0.483 e. The van der Waals surface area contributed by atoms with E-state index in [4.69, 9.17) is 13.0 Å². The van der Waals surface area contributed by atoms with Gasteiger partial charge in [0.05, 0.1) is 24.5 Å².